The lowest BCUT2D eigenvalue weighted by Gasteiger charge is -2.24. The predicted octanol–water partition coefficient (Wildman–Crippen LogP) is 7.04. The Labute approximate surface area is 317 Å². The van der Waals surface area contributed by atoms with Gasteiger partial charge in [-0.1, -0.05) is 109 Å². The maximum Gasteiger partial charge on any atom is 0.362 e. The Morgan fingerprint density at radius 3 is 1.59 bits per heavy atom. The fraction of sp³-hybridized carbons (Fsp3) is 0.111. The second-order valence-electron chi connectivity index (χ2n) is 12.6. The zero-order valence-corrected chi connectivity index (χ0v) is 30.2. The van der Waals surface area contributed by atoms with Crippen molar-refractivity contribution in [3.63, 3.8) is 0 Å². The van der Waals surface area contributed by atoms with Gasteiger partial charge in [-0.2, -0.15) is 0 Å². The summed E-state index contributed by atoms with van der Waals surface area (Å²) >= 11 is 0. The molecule has 9 heteroatoms. The van der Waals surface area contributed by atoms with Crippen molar-refractivity contribution in [3.8, 4) is 17.2 Å². The molecule has 2 atom stereocenters. The summed E-state index contributed by atoms with van der Waals surface area (Å²) in [6.07, 6.45) is 2.79. The largest absolute Gasteiger partial charge is 0.497 e. The van der Waals surface area contributed by atoms with E-state index in [-0.39, 0.29) is 13.0 Å². The monoisotopic (exact) mass is 709 g/mol. The topological polar surface area (TPSA) is 71.9 Å². The number of hydrogen-bond donors (Lipinski definition) is 0. The number of rotatable bonds is 16. The molecule has 5 aromatic carbocycles. The Balaban J connectivity index is 1.02. The van der Waals surface area contributed by atoms with E-state index in [1.165, 1.54) is 0 Å². The molecule has 0 saturated heterocycles. The van der Waals surface area contributed by atoms with Gasteiger partial charge in [-0.25, -0.2) is 0 Å². The number of hydrogen-bond acceptors (Lipinski definition) is 7. The molecule has 7 nitrogen and oxygen atoms in total. The highest BCUT2D eigenvalue weighted by Crippen LogP contribution is 2.28. The van der Waals surface area contributed by atoms with Crippen LogP contribution in [0.4, 0.5) is 0 Å². The fourth-order valence-electron chi connectivity index (χ4n) is 6.12. The SMILES string of the molecule is COc1ccc(C(O[B]c2ccc(COc3ccc(B(OC(c4ccc(OC)cc4)c4ccccn4)c4ccccc4)cc3)cc2)c2ccccn2)cc1. The molecule has 0 amide bonds. The number of ether oxygens (including phenoxy) is 3. The molecule has 1 radical (unpaired) electrons. The van der Waals surface area contributed by atoms with Gasteiger partial charge >= 0.3 is 14.4 Å². The van der Waals surface area contributed by atoms with Crippen LogP contribution < -0.4 is 30.6 Å². The number of methoxy groups -OCH3 is 2. The Bertz CT molecular complexity index is 2160. The Kier molecular flexibility index (Phi) is 12.1. The summed E-state index contributed by atoms with van der Waals surface area (Å²) in [5, 5.41) is 0. The normalized spacial score (nSPS) is 12.0. The summed E-state index contributed by atoms with van der Waals surface area (Å²) in [5.74, 6) is 2.34. The third-order valence-electron chi connectivity index (χ3n) is 9.03. The standard InChI is InChI=1S/C45H39B2N2O5/c1-50-39-24-16-34(17-25-39)44(42-12-6-8-30-48-42)53-46-36-20-14-33(15-21-36)32-52-41-28-22-38(23-29-41)47(37-10-4-3-5-11-37)54-45(43-13-7-9-31-49-43)35-18-26-40(51-2)27-19-35/h3-31,44-45H,32H2,1-2H3. The third-order valence-corrected chi connectivity index (χ3v) is 9.03. The van der Waals surface area contributed by atoms with Crippen molar-refractivity contribution >= 4 is 30.8 Å². The van der Waals surface area contributed by atoms with Gasteiger partial charge in [0, 0.05) is 12.4 Å². The van der Waals surface area contributed by atoms with E-state index in [9.17, 15) is 0 Å². The average Bonchev–Trinajstić information content (AvgIpc) is 3.25. The maximum absolute atomic E-state index is 6.98. The molecule has 0 aliphatic heterocycles. The smallest absolute Gasteiger partial charge is 0.362 e. The van der Waals surface area contributed by atoms with Crippen LogP contribution in [-0.2, 0) is 15.9 Å². The second kappa shape index (κ2) is 18.1. The minimum Gasteiger partial charge on any atom is -0.497 e. The van der Waals surface area contributed by atoms with Crippen LogP contribution in [0.15, 0.2) is 176 Å². The van der Waals surface area contributed by atoms with Gasteiger partial charge < -0.3 is 23.5 Å². The van der Waals surface area contributed by atoms with Crippen LogP contribution in [0.3, 0.4) is 0 Å². The van der Waals surface area contributed by atoms with E-state index in [4.69, 9.17) is 23.5 Å². The van der Waals surface area contributed by atoms with Crippen LogP contribution in [-0.4, -0.2) is 38.6 Å². The first-order chi connectivity index (χ1) is 26.7. The van der Waals surface area contributed by atoms with E-state index < -0.39 is 6.10 Å². The second-order valence-corrected chi connectivity index (χ2v) is 12.6. The molecular weight excluding hydrogens is 670 g/mol. The number of nitrogens with zero attached hydrogens (tertiary/aromatic N) is 2. The summed E-state index contributed by atoms with van der Waals surface area (Å²) in [6.45, 7) is 0.0585. The molecule has 0 spiro atoms. The van der Waals surface area contributed by atoms with E-state index in [2.05, 4.69) is 34.2 Å². The fourth-order valence-corrected chi connectivity index (χ4v) is 6.12. The first-order valence-corrected chi connectivity index (χ1v) is 17.8. The third kappa shape index (κ3) is 9.25. The van der Waals surface area contributed by atoms with E-state index in [1.807, 2.05) is 140 Å². The zero-order valence-electron chi connectivity index (χ0n) is 30.2. The van der Waals surface area contributed by atoms with Crippen molar-refractivity contribution < 1.29 is 23.5 Å². The lowest BCUT2D eigenvalue weighted by Crippen LogP contribution is -2.46. The van der Waals surface area contributed by atoms with Gasteiger partial charge in [-0.05, 0) is 88.3 Å². The summed E-state index contributed by atoms with van der Waals surface area (Å²) in [5.41, 5.74) is 7.62. The van der Waals surface area contributed by atoms with Gasteiger partial charge in [0.2, 0.25) is 0 Å². The molecule has 0 N–H and O–H groups in total. The Morgan fingerprint density at radius 1 is 0.519 bits per heavy atom. The van der Waals surface area contributed by atoms with Crippen LogP contribution in [0.5, 0.6) is 17.2 Å². The van der Waals surface area contributed by atoms with Crippen molar-refractivity contribution in [2.24, 2.45) is 0 Å². The number of benzene rings is 5. The first kappa shape index (κ1) is 36.2. The summed E-state index contributed by atoms with van der Waals surface area (Å²) in [4.78, 5) is 9.21. The highest BCUT2D eigenvalue weighted by Gasteiger charge is 2.28. The quantitative estimate of drug-likeness (QED) is 0.0999. The van der Waals surface area contributed by atoms with Gasteiger partial charge in [-0.3, -0.25) is 9.97 Å². The van der Waals surface area contributed by atoms with Crippen LogP contribution >= 0.6 is 0 Å². The van der Waals surface area contributed by atoms with Crippen LogP contribution in [0.1, 0.15) is 40.3 Å². The van der Waals surface area contributed by atoms with Crippen molar-refractivity contribution in [2.75, 3.05) is 14.2 Å². The van der Waals surface area contributed by atoms with E-state index in [1.54, 1.807) is 34.1 Å². The minimum atomic E-state index is -0.410. The molecular formula is C45H39B2N2O5. The van der Waals surface area contributed by atoms with Gasteiger partial charge in [0.15, 0.2) is 0 Å². The Hall–Kier alpha value is -6.15. The summed E-state index contributed by atoms with van der Waals surface area (Å²) in [7, 11) is 5.09. The molecule has 265 valence electrons. The van der Waals surface area contributed by atoms with E-state index >= 15 is 0 Å². The van der Waals surface area contributed by atoms with Crippen molar-refractivity contribution in [1.29, 1.82) is 0 Å². The molecule has 7 aromatic rings. The molecule has 54 heavy (non-hydrogen) atoms. The molecule has 2 unspecified atom stereocenters. The van der Waals surface area contributed by atoms with Gasteiger partial charge in [0.25, 0.3) is 0 Å². The van der Waals surface area contributed by atoms with Crippen LogP contribution in [0, 0.1) is 0 Å². The predicted molar refractivity (Wildman–Crippen MR) is 214 cm³/mol. The zero-order chi connectivity index (χ0) is 37.0. The minimum absolute atomic E-state index is 0.359. The van der Waals surface area contributed by atoms with Crippen LogP contribution in [0.2, 0.25) is 0 Å². The molecule has 0 bridgehead atoms. The van der Waals surface area contributed by atoms with Gasteiger partial charge in [-0.15, -0.1) is 0 Å². The van der Waals surface area contributed by atoms with Gasteiger partial charge in [0.1, 0.15) is 36.1 Å². The van der Waals surface area contributed by atoms with Crippen molar-refractivity contribution in [3.05, 3.63) is 204 Å². The molecule has 0 fully saturated rings. The molecule has 0 aliphatic rings. The molecule has 7 rings (SSSR count). The molecule has 2 heterocycles. The van der Waals surface area contributed by atoms with Gasteiger partial charge in [0.05, 0.1) is 25.6 Å². The lowest BCUT2D eigenvalue weighted by atomic mass is 9.55. The summed E-state index contributed by atoms with van der Waals surface area (Å²) in [6, 6.07) is 54.0. The maximum atomic E-state index is 6.98. The van der Waals surface area contributed by atoms with Crippen molar-refractivity contribution in [2.45, 2.75) is 18.8 Å². The van der Waals surface area contributed by atoms with E-state index in [0.717, 1.165) is 61.7 Å². The number of aromatic nitrogens is 2. The highest BCUT2D eigenvalue weighted by atomic mass is 16.5. The van der Waals surface area contributed by atoms with Crippen LogP contribution in [0.25, 0.3) is 0 Å². The Morgan fingerprint density at radius 2 is 1.04 bits per heavy atom. The highest BCUT2D eigenvalue weighted by molar-refractivity contribution is 6.80. The molecule has 2 aromatic heterocycles. The van der Waals surface area contributed by atoms with E-state index in [0.29, 0.717) is 6.61 Å². The molecule has 0 aliphatic carbocycles. The molecule has 0 saturated carbocycles. The first-order valence-electron chi connectivity index (χ1n) is 17.8. The number of pyridine rings is 2. The van der Waals surface area contributed by atoms with Crippen molar-refractivity contribution in [1.82, 2.24) is 9.97 Å². The lowest BCUT2D eigenvalue weighted by molar-refractivity contribution is 0.253. The summed E-state index contributed by atoms with van der Waals surface area (Å²) < 4.78 is 30.3. The average molecular weight is 709 g/mol.